The second-order valence-electron chi connectivity index (χ2n) is 4.44. The molecule has 5 heteroatoms. The van der Waals surface area contributed by atoms with E-state index in [-0.39, 0.29) is 5.43 Å². The maximum Gasteiger partial charge on any atom is 0.208 e. The fourth-order valence-electron chi connectivity index (χ4n) is 2.44. The summed E-state index contributed by atoms with van der Waals surface area (Å²) in [4.78, 5) is 12.8. The highest BCUT2D eigenvalue weighted by Crippen LogP contribution is 2.36. The van der Waals surface area contributed by atoms with E-state index in [2.05, 4.69) is 0 Å². The van der Waals surface area contributed by atoms with Crippen LogP contribution in [0.1, 0.15) is 0 Å². The molecular formula is C16H14O5. The molecule has 0 fully saturated rings. The molecule has 5 nitrogen and oxygen atoms in total. The average Bonchev–Trinajstić information content (AvgIpc) is 2.53. The predicted octanol–water partition coefficient (Wildman–Crippen LogP) is 2.97. The first-order valence-electron chi connectivity index (χ1n) is 6.35. The molecule has 0 amide bonds. The van der Waals surface area contributed by atoms with E-state index in [9.17, 15) is 4.79 Å². The molecule has 0 aliphatic carbocycles. The summed E-state index contributed by atoms with van der Waals surface area (Å²) in [6.07, 6.45) is 0. The second-order valence-corrected chi connectivity index (χ2v) is 4.44. The van der Waals surface area contributed by atoms with Gasteiger partial charge in [-0.2, -0.15) is 0 Å². The van der Waals surface area contributed by atoms with E-state index in [0.29, 0.717) is 39.2 Å². The van der Waals surface area contributed by atoms with Crippen molar-refractivity contribution in [3.8, 4) is 17.2 Å². The topological polar surface area (TPSA) is 57.9 Å². The van der Waals surface area contributed by atoms with Gasteiger partial charge in [0.15, 0.2) is 11.5 Å². The van der Waals surface area contributed by atoms with Crippen LogP contribution in [0.25, 0.3) is 21.9 Å². The SMILES string of the molecule is COc1ccc2oc3cccc(OC)c3c(=O)c2c1OC. The van der Waals surface area contributed by atoms with Gasteiger partial charge in [-0.25, -0.2) is 0 Å². The van der Waals surface area contributed by atoms with Gasteiger partial charge in [0.1, 0.15) is 27.7 Å². The highest BCUT2D eigenvalue weighted by molar-refractivity contribution is 5.97. The smallest absolute Gasteiger partial charge is 0.208 e. The molecule has 108 valence electrons. The number of methoxy groups -OCH3 is 3. The Morgan fingerprint density at radius 2 is 1.52 bits per heavy atom. The van der Waals surface area contributed by atoms with Gasteiger partial charge in [0.25, 0.3) is 0 Å². The molecule has 0 aliphatic heterocycles. The van der Waals surface area contributed by atoms with Crippen molar-refractivity contribution in [1.29, 1.82) is 0 Å². The largest absolute Gasteiger partial charge is 0.496 e. The van der Waals surface area contributed by atoms with Crippen LogP contribution >= 0.6 is 0 Å². The van der Waals surface area contributed by atoms with Gasteiger partial charge < -0.3 is 18.6 Å². The molecular weight excluding hydrogens is 272 g/mol. The van der Waals surface area contributed by atoms with Crippen LogP contribution in [-0.4, -0.2) is 21.3 Å². The molecule has 21 heavy (non-hydrogen) atoms. The first-order chi connectivity index (χ1) is 10.2. The van der Waals surface area contributed by atoms with Gasteiger partial charge in [-0.1, -0.05) is 6.07 Å². The lowest BCUT2D eigenvalue weighted by atomic mass is 10.1. The summed E-state index contributed by atoms with van der Waals surface area (Å²) in [7, 11) is 4.53. The van der Waals surface area contributed by atoms with Crippen molar-refractivity contribution in [2.24, 2.45) is 0 Å². The summed E-state index contributed by atoms with van der Waals surface area (Å²) in [6.45, 7) is 0. The lowest BCUT2D eigenvalue weighted by Crippen LogP contribution is -2.06. The summed E-state index contributed by atoms with van der Waals surface area (Å²) < 4.78 is 21.6. The van der Waals surface area contributed by atoms with E-state index in [1.165, 1.54) is 21.3 Å². The van der Waals surface area contributed by atoms with E-state index in [0.717, 1.165) is 0 Å². The molecule has 0 unspecified atom stereocenters. The van der Waals surface area contributed by atoms with Crippen LogP contribution in [-0.2, 0) is 0 Å². The van der Waals surface area contributed by atoms with Crippen LogP contribution in [0.5, 0.6) is 17.2 Å². The number of hydrogen-bond acceptors (Lipinski definition) is 5. The number of rotatable bonds is 3. The normalized spacial score (nSPS) is 10.8. The molecule has 2 aromatic carbocycles. The van der Waals surface area contributed by atoms with Crippen LogP contribution in [0.3, 0.4) is 0 Å². The van der Waals surface area contributed by atoms with Gasteiger partial charge in [-0.15, -0.1) is 0 Å². The van der Waals surface area contributed by atoms with Crippen LogP contribution < -0.4 is 19.6 Å². The minimum Gasteiger partial charge on any atom is -0.496 e. The third-order valence-electron chi connectivity index (χ3n) is 3.39. The molecule has 0 radical (unpaired) electrons. The number of fused-ring (bicyclic) bond motifs is 2. The minimum atomic E-state index is -0.209. The fraction of sp³-hybridized carbons (Fsp3) is 0.188. The maximum absolute atomic E-state index is 12.8. The standard InChI is InChI=1S/C16H14O5/c1-18-9-5-4-6-10-13(9)15(17)14-11(21-10)7-8-12(19-2)16(14)20-3/h4-8H,1-3H3. The molecule has 0 saturated heterocycles. The van der Waals surface area contributed by atoms with Crippen LogP contribution in [0, 0.1) is 0 Å². The minimum absolute atomic E-state index is 0.209. The first-order valence-corrected chi connectivity index (χ1v) is 6.35. The first kappa shape index (κ1) is 13.3. The molecule has 1 heterocycles. The Kier molecular flexibility index (Phi) is 3.17. The Morgan fingerprint density at radius 3 is 2.19 bits per heavy atom. The van der Waals surface area contributed by atoms with Gasteiger partial charge in [-0.05, 0) is 24.3 Å². The van der Waals surface area contributed by atoms with Crippen molar-refractivity contribution in [2.45, 2.75) is 0 Å². The monoisotopic (exact) mass is 286 g/mol. The van der Waals surface area contributed by atoms with E-state index >= 15 is 0 Å². The van der Waals surface area contributed by atoms with Gasteiger partial charge in [0.05, 0.1) is 21.3 Å². The van der Waals surface area contributed by atoms with Gasteiger partial charge >= 0.3 is 0 Å². The Balaban J connectivity index is 2.56. The Labute approximate surface area is 120 Å². The summed E-state index contributed by atoms with van der Waals surface area (Å²) >= 11 is 0. The fourth-order valence-corrected chi connectivity index (χ4v) is 2.44. The molecule has 0 aliphatic rings. The number of ether oxygens (including phenoxy) is 3. The molecule has 3 rings (SSSR count). The summed E-state index contributed by atoms with van der Waals surface area (Å²) in [6, 6.07) is 8.62. The predicted molar refractivity (Wildman–Crippen MR) is 79.6 cm³/mol. The van der Waals surface area contributed by atoms with Crippen LogP contribution in [0.15, 0.2) is 39.5 Å². The molecule has 0 N–H and O–H groups in total. The quantitative estimate of drug-likeness (QED) is 0.693. The zero-order chi connectivity index (χ0) is 15.0. The lowest BCUT2D eigenvalue weighted by Gasteiger charge is -2.11. The van der Waals surface area contributed by atoms with Crippen molar-refractivity contribution < 1.29 is 18.6 Å². The Hall–Kier alpha value is -2.69. The average molecular weight is 286 g/mol. The summed E-state index contributed by atoms with van der Waals surface area (Å²) in [5, 5.41) is 0.730. The molecule has 0 spiro atoms. The third-order valence-corrected chi connectivity index (χ3v) is 3.39. The van der Waals surface area contributed by atoms with Crippen molar-refractivity contribution in [2.75, 3.05) is 21.3 Å². The maximum atomic E-state index is 12.8. The van der Waals surface area contributed by atoms with Gasteiger partial charge in [-0.3, -0.25) is 4.79 Å². The van der Waals surface area contributed by atoms with Crippen molar-refractivity contribution in [3.05, 3.63) is 40.6 Å². The number of hydrogen-bond donors (Lipinski definition) is 0. The van der Waals surface area contributed by atoms with E-state index < -0.39 is 0 Å². The third kappa shape index (κ3) is 1.89. The van der Waals surface area contributed by atoms with E-state index in [1.807, 2.05) is 0 Å². The molecule has 1 aromatic heterocycles. The molecule has 0 atom stereocenters. The van der Waals surface area contributed by atoms with Gasteiger partial charge in [0, 0.05) is 0 Å². The highest BCUT2D eigenvalue weighted by atomic mass is 16.5. The lowest BCUT2D eigenvalue weighted by molar-refractivity contribution is 0.358. The van der Waals surface area contributed by atoms with E-state index in [1.54, 1.807) is 30.3 Å². The Bertz CT molecular complexity index is 879. The zero-order valence-corrected chi connectivity index (χ0v) is 11.9. The van der Waals surface area contributed by atoms with E-state index in [4.69, 9.17) is 18.6 Å². The number of benzene rings is 2. The molecule has 0 saturated carbocycles. The van der Waals surface area contributed by atoms with Gasteiger partial charge in [0.2, 0.25) is 5.43 Å². The van der Waals surface area contributed by atoms with Crippen LogP contribution in [0.4, 0.5) is 0 Å². The second kappa shape index (κ2) is 5.01. The van der Waals surface area contributed by atoms with Crippen molar-refractivity contribution in [3.63, 3.8) is 0 Å². The zero-order valence-electron chi connectivity index (χ0n) is 11.9. The molecule has 3 aromatic rings. The summed E-state index contributed by atoms with van der Waals surface area (Å²) in [5.74, 6) is 1.30. The van der Waals surface area contributed by atoms with Crippen LogP contribution in [0.2, 0.25) is 0 Å². The highest BCUT2D eigenvalue weighted by Gasteiger charge is 2.18. The molecule has 0 bridgehead atoms. The summed E-state index contributed by atoms with van der Waals surface area (Å²) in [5.41, 5.74) is 0.705. The Morgan fingerprint density at radius 1 is 0.810 bits per heavy atom. The van der Waals surface area contributed by atoms with Crippen molar-refractivity contribution in [1.82, 2.24) is 0 Å². The van der Waals surface area contributed by atoms with Crippen molar-refractivity contribution >= 4 is 21.9 Å².